The van der Waals surface area contributed by atoms with E-state index in [1.807, 2.05) is 30.3 Å². The Hall–Kier alpha value is -4.45. The molecule has 0 aliphatic carbocycles. The number of hydrogen-bond donors (Lipinski definition) is 4. The van der Waals surface area contributed by atoms with Gasteiger partial charge in [-0.3, -0.25) is 4.79 Å². The Balaban J connectivity index is 0.000000320. The largest absolute Gasteiger partial charge is 0.415 e. The van der Waals surface area contributed by atoms with Gasteiger partial charge in [0.1, 0.15) is 5.82 Å². The van der Waals surface area contributed by atoms with Crippen molar-refractivity contribution in [2.45, 2.75) is 19.8 Å². The number of nitrogens with zero attached hydrogens (tertiary/aromatic N) is 4. The SMILES string of the molecule is Cc1cc(Nc2ncc(-c3nnc(C(F)F)o3)c(N)n2)ccc1C(N)=O.OCCc1ccccc1. The van der Waals surface area contributed by atoms with Crippen molar-refractivity contribution in [3.8, 4) is 11.5 Å². The minimum Gasteiger partial charge on any atom is -0.415 e. The topological polar surface area (TPSA) is 166 Å². The van der Waals surface area contributed by atoms with Crippen LogP contribution in [0.5, 0.6) is 0 Å². The number of carbonyl (C=O) groups excluding carboxylic acids is 1. The van der Waals surface area contributed by atoms with E-state index in [4.69, 9.17) is 21.0 Å². The summed E-state index contributed by atoms with van der Waals surface area (Å²) >= 11 is 0. The summed E-state index contributed by atoms with van der Waals surface area (Å²) in [5, 5.41) is 18.2. The first-order chi connectivity index (χ1) is 16.8. The van der Waals surface area contributed by atoms with Gasteiger partial charge < -0.3 is 26.3 Å². The van der Waals surface area contributed by atoms with Crippen molar-refractivity contribution in [3.05, 3.63) is 77.3 Å². The molecule has 2 aromatic heterocycles. The molecule has 35 heavy (non-hydrogen) atoms. The molecule has 4 rings (SSSR count). The summed E-state index contributed by atoms with van der Waals surface area (Å²) < 4.78 is 29.9. The van der Waals surface area contributed by atoms with E-state index in [0.717, 1.165) is 6.42 Å². The Kier molecular flexibility index (Phi) is 8.35. The zero-order valence-corrected chi connectivity index (χ0v) is 18.7. The smallest absolute Gasteiger partial charge is 0.314 e. The fourth-order valence-corrected chi connectivity index (χ4v) is 2.97. The van der Waals surface area contributed by atoms with Crippen LogP contribution in [0.15, 0.2) is 59.1 Å². The Morgan fingerprint density at radius 1 is 1.17 bits per heavy atom. The number of anilines is 3. The van der Waals surface area contributed by atoms with Gasteiger partial charge in [0.25, 0.3) is 11.8 Å². The van der Waals surface area contributed by atoms with Crippen LogP contribution in [-0.2, 0) is 6.42 Å². The van der Waals surface area contributed by atoms with Gasteiger partial charge in [-0.1, -0.05) is 30.3 Å². The summed E-state index contributed by atoms with van der Waals surface area (Å²) in [7, 11) is 0. The van der Waals surface area contributed by atoms with Crippen LogP contribution >= 0.6 is 0 Å². The molecule has 0 spiro atoms. The molecule has 2 heterocycles. The Bertz CT molecular complexity index is 1280. The van der Waals surface area contributed by atoms with Gasteiger partial charge in [-0.2, -0.15) is 13.8 Å². The third kappa shape index (κ3) is 6.77. The van der Waals surface area contributed by atoms with Gasteiger partial charge in [0.05, 0.1) is 5.56 Å². The predicted molar refractivity (Wildman–Crippen MR) is 125 cm³/mol. The molecule has 1 amide bonds. The van der Waals surface area contributed by atoms with E-state index in [0.29, 0.717) is 16.8 Å². The third-order valence-electron chi connectivity index (χ3n) is 4.67. The highest BCUT2D eigenvalue weighted by molar-refractivity contribution is 5.94. The fraction of sp³-hybridized carbons (Fsp3) is 0.174. The highest BCUT2D eigenvalue weighted by atomic mass is 19.3. The predicted octanol–water partition coefficient (Wildman–Crippen LogP) is 3.42. The van der Waals surface area contributed by atoms with Crippen LogP contribution in [-0.4, -0.2) is 37.8 Å². The highest BCUT2D eigenvalue weighted by Crippen LogP contribution is 2.27. The fourth-order valence-electron chi connectivity index (χ4n) is 2.97. The molecule has 12 heteroatoms. The Morgan fingerprint density at radius 2 is 1.91 bits per heavy atom. The number of aromatic nitrogens is 4. The van der Waals surface area contributed by atoms with Gasteiger partial charge in [0.2, 0.25) is 11.9 Å². The number of aliphatic hydroxyl groups excluding tert-OH is 1. The number of benzene rings is 2. The molecule has 0 aliphatic heterocycles. The summed E-state index contributed by atoms with van der Waals surface area (Å²) in [6, 6.07) is 14.8. The maximum Gasteiger partial charge on any atom is 0.314 e. The Labute approximate surface area is 199 Å². The molecule has 4 aromatic rings. The number of amides is 1. The van der Waals surface area contributed by atoms with Crippen molar-refractivity contribution >= 4 is 23.4 Å². The normalized spacial score (nSPS) is 10.5. The van der Waals surface area contributed by atoms with Crippen LogP contribution in [0.2, 0.25) is 0 Å². The summed E-state index contributed by atoms with van der Waals surface area (Å²) in [5.74, 6) is -1.41. The molecular formula is C23H23F2N7O3. The van der Waals surface area contributed by atoms with Crippen LogP contribution < -0.4 is 16.8 Å². The number of primary amides is 1. The maximum atomic E-state index is 12.5. The van der Waals surface area contributed by atoms with Gasteiger partial charge in [-0.05, 0) is 42.7 Å². The summed E-state index contributed by atoms with van der Waals surface area (Å²) in [6.45, 7) is 1.98. The lowest BCUT2D eigenvalue weighted by atomic mass is 10.1. The molecule has 182 valence electrons. The van der Waals surface area contributed by atoms with Gasteiger partial charge in [0, 0.05) is 24.1 Å². The van der Waals surface area contributed by atoms with Gasteiger partial charge in [-0.25, -0.2) is 4.98 Å². The van der Waals surface area contributed by atoms with Crippen LogP contribution in [0.4, 0.5) is 26.2 Å². The van der Waals surface area contributed by atoms with Crippen LogP contribution in [0.25, 0.3) is 11.5 Å². The number of nitrogen functional groups attached to an aromatic ring is 1. The van der Waals surface area contributed by atoms with Gasteiger partial charge in [-0.15, -0.1) is 10.2 Å². The summed E-state index contributed by atoms with van der Waals surface area (Å²) in [4.78, 5) is 19.3. The average Bonchev–Trinajstić information content (AvgIpc) is 3.31. The van der Waals surface area contributed by atoms with Crippen LogP contribution in [0, 0.1) is 6.92 Å². The zero-order valence-electron chi connectivity index (χ0n) is 18.7. The molecule has 0 aliphatic rings. The van der Waals surface area contributed by atoms with Crippen LogP contribution in [0.3, 0.4) is 0 Å². The van der Waals surface area contributed by atoms with E-state index >= 15 is 0 Å². The lowest BCUT2D eigenvalue weighted by molar-refractivity contribution is 0.0999. The van der Waals surface area contributed by atoms with Gasteiger partial charge >= 0.3 is 6.43 Å². The molecule has 0 fully saturated rings. The van der Waals surface area contributed by atoms with E-state index < -0.39 is 18.2 Å². The van der Waals surface area contributed by atoms with E-state index in [1.165, 1.54) is 11.8 Å². The molecule has 2 aromatic carbocycles. The molecule has 10 nitrogen and oxygen atoms in total. The number of rotatable bonds is 7. The molecule has 6 N–H and O–H groups in total. The van der Waals surface area contributed by atoms with E-state index in [2.05, 4.69) is 25.5 Å². The van der Waals surface area contributed by atoms with E-state index in [9.17, 15) is 13.6 Å². The number of nitrogens with one attached hydrogen (secondary N) is 1. The van der Waals surface area contributed by atoms with Gasteiger partial charge in [0.15, 0.2) is 0 Å². The first-order valence-electron chi connectivity index (χ1n) is 10.3. The zero-order chi connectivity index (χ0) is 25.4. The lowest BCUT2D eigenvalue weighted by Gasteiger charge is -2.09. The van der Waals surface area contributed by atoms with E-state index in [-0.39, 0.29) is 29.8 Å². The molecular weight excluding hydrogens is 460 g/mol. The second-order valence-corrected chi connectivity index (χ2v) is 7.22. The van der Waals surface area contributed by atoms with Crippen molar-refractivity contribution in [1.82, 2.24) is 20.2 Å². The number of aliphatic hydroxyl groups is 1. The number of alkyl halides is 2. The van der Waals surface area contributed by atoms with Crippen molar-refractivity contribution in [1.29, 1.82) is 0 Å². The summed E-state index contributed by atoms with van der Waals surface area (Å²) in [5.41, 5.74) is 14.1. The second-order valence-electron chi connectivity index (χ2n) is 7.22. The average molecular weight is 483 g/mol. The number of halogens is 2. The first kappa shape index (κ1) is 25.2. The molecule has 0 atom stereocenters. The van der Waals surface area contributed by atoms with Crippen LogP contribution in [0.1, 0.15) is 33.8 Å². The molecule has 0 radical (unpaired) electrons. The van der Waals surface area contributed by atoms with Crippen molar-refractivity contribution in [2.24, 2.45) is 5.73 Å². The molecule has 0 saturated heterocycles. The summed E-state index contributed by atoms with van der Waals surface area (Å²) in [6.07, 6.45) is -0.843. The Morgan fingerprint density at radius 3 is 2.49 bits per heavy atom. The quantitative estimate of drug-likeness (QED) is 0.308. The minimum atomic E-state index is -2.88. The second kappa shape index (κ2) is 11.6. The maximum absolute atomic E-state index is 12.5. The first-order valence-corrected chi connectivity index (χ1v) is 10.3. The van der Waals surface area contributed by atoms with Crippen molar-refractivity contribution < 1.29 is 23.1 Å². The van der Waals surface area contributed by atoms with Crippen molar-refractivity contribution in [3.63, 3.8) is 0 Å². The minimum absolute atomic E-state index is 0.0301. The molecule has 0 saturated carbocycles. The highest BCUT2D eigenvalue weighted by Gasteiger charge is 2.19. The molecule has 0 unspecified atom stereocenters. The number of nitrogens with two attached hydrogens (primary N) is 2. The standard InChI is InChI=1S/C15H13F2N7O2.C8H10O/c1-6-4-7(2-3-8(6)12(19)25)21-15-20-5-9(11(18)22-15)13-23-24-14(26-13)10(16)17;9-7-6-8-4-2-1-3-5-8/h2-5,10H,1H3,(H2,19,25)(H3,18,20,21,22);1-5,9H,6-7H2. The number of hydrogen-bond acceptors (Lipinski definition) is 9. The third-order valence-corrected chi connectivity index (χ3v) is 4.67. The van der Waals surface area contributed by atoms with Crippen molar-refractivity contribution in [2.75, 3.05) is 17.7 Å². The lowest BCUT2D eigenvalue weighted by Crippen LogP contribution is -2.12. The number of carbonyl (C=O) groups is 1. The number of aryl methyl sites for hydroxylation is 1. The van der Waals surface area contributed by atoms with E-state index in [1.54, 1.807) is 25.1 Å². The monoisotopic (exact) mass is 483 g/mol. The molecule has 0 bridgehead atoms.